The monoisotopic (exact) mass is 283 g/mol. The summed E-state index contributed by atoms with van der Waals surface area (Å²) in [5.41, 5.74) is 0.365. The van der Waals surface area contributed by atoms with Gasteiger partial charge in [0.1, 0.15) is 10.2 Å². The summed E-state index contributed by atoms with van der Waals surface area (Å²) < 4.78 is 5.68. The summed E-state index contributed by atoms with van der Waals surface area (Å²) >= 11 is 3.20. The van der Waals surface area contributed by atoms with Crippen LogP contribution in [-0.4, -0.2) is 10.2 Å². The topological polar surface area (TPSA) is 70.9 Å². The number of hydrogen-bond acceptors (Lipinski definition) is 4. The first kappa shape index (κ1) is 10.9. The Morgan fingerprint density at radius 3 is 3.12 bits per heavy atom. The lowest BCUT2D eigenvalue weighted by molar-refractivity contribution is 0.490. The van der Waals surface area contributed by atoms with Crippen molar-refractivity contribution in [3.05, 3.63) is 45.2 Å². The lowest BCUT2D eigenvalue weighted by atomic mass is 10.2. The Bertz CT molecular complexity index is 521. The van der Waals surface area contributed by atoms with E-state index >= 15 is 0 Å². The largest absolute Gasteiger partial charge is 0.467 e. The molecule has 0 aliphatic heterocycles. The molecular formula is C10H10BrN3O2. The van der Waals surface area contributed by atoms with Gasteiger partial charge in [-0.2, -0.15) is 5.10 Å². The minimum atomic E-state index is -0.267. The van der Waals surface area contributed by atoms with E-state index in [0.29, 0.717) is 10.2 Å². The number of aromatic amines is 1. The van der Waals surface area contributed by atoms with E-state index in [2.05, 4.69) is 31.4 Å². The zero-order valence-electron chi connectivity index (χ0n) is 8.53. The second kappa shape index (κ2) is 4.52. The molecule has 0 aromatic carbocycles. The minimum absolute atomic E-state index is 0.0325. The van der Waals surface area contributed by atoms with Crippen LogP contribution in [0.4, 0.5) is 5.69 Å². The molecule has 2 aromatic rings. The second-order valence-corrected chi connectivity index (χ2v) is 4.10. The second-order valence-electron chi connectivity index (χ2n) is 3.31. The average Bonchev–Trinajstić information content (AvgIpc) is 2.78. The number of hydrogen-bond donors (Lipinski definition) is 2. The third-order valence-electron chi connectivity index (χ3n) is 2.14. The van der Waals surface area contributed by atoms with E-state index in [4.69, 9.17) is 4.42 Å². The number of nitrogens with one attached hydrogen (secondary N) is 2. The molecule has 2 aromatic heterocycles. The molecular weight excluding hydrogens is 274 g/mol. The summed E-state index contributed by atoms with van der Waals surface area (Å²) in [6.07, 6.45) is 3.16. The number of furan rings is 1. The van der Waals surface area contributed by atoms with Crippen LogP contribution < -0.4 is 10.9 Å². The van der Waals surface area contributed by atoms with Gasteiger partial charge >= 0.3 is 0 Å². The fourth-order valence-electron chi connectivity index (χ4n) is 1.33. The number of rotatable bonds is 3. The number of anilines is 1. The van der Waals surface area contributed by atoms with E-state index in [-0.39, 0.29) is 11.6 Å². The van der Waals surface area contributed by atoms with Gasteiger partial charge in [-0.05, 0) is 35.0 Å². The molecule has 0 saturated heterocycles. The van der Waals surface area contributed by atoms with Gasteiger partial charge in [0.25, 0.3) is 5.56 Å². The number of halogens is 1. The van der Waals surface area contributed by atoms with Crippen molar-refractivity contribution < 1.29 is 4.42 Å². The summed E-state index contributed by atoms with van der Waals surface area (Å²) in [6, 6.07) is 3.65. The smallest absolute Gasteiger partial charge is 0.280 e. The summed E-state index contributed by atoms with van der Waals surface area (Å²) in [4.78, 5) is 11.3. The van der Waals surface area contributed by atoms with Crippen molar-refractivity contribution in [1.29, 1.82) is 0 Å². The summed E-state index contributed by atoms with van der Waals surface area (Å²) in [6.45, 7) is 1.94. The molecule has 84 valence electrons. The van der Waals surface area contributed by atoms with Gasteiger partial charge < -0.3 is 9.73 Å². The van der Waals surface area contributed by atoms with Crippen molar-refractivity contribution in [2.45, 2.75) is 13.0 Å². The van der Waals surface area contributed by atoms with Gasteiger partial charge in [0.05, 0.1) is 24.2 Å². The van der Waals surface area contributed by atoms with Crippen LogP contribution in [0.5, 0.6) is 0 Å². The van der Waals surface area contributed by atoms with Crippen LogP contribution in [0, 0.1) is 0 Å². The molecule has 0 amide bonds. The van der Waals surface area contributed by atoms with Gasteiger partial charge in [0.15, 0.2) is 0 Å². The van der Waals surface area contributed by atoms with Crippen LogP contribution in [0.25, 0.3) is 0 Å². The zero-order valence-corrected chi connectivity index (χ0v) is 10.1. The van der Waals surface area contributed by atoms with Crippen molar-refractivity contribution >= 4 is 21.6 Å². The van der Waals surface area contributed by atoms with Crippen LogP contribution in [0.3, 0.4) is 0 Å². The first-order valence-electron chi connectivity index (χ1n) is 4.71. The van der Waals surface area contributed by atoms with E-state index in [1.807, 2.05) is 19.1 Å². The predicted octanol–water partition coefficient (Wildman–Crippen LogP) is 2.30. The molecule has 2 N–H and O–H groups in total. The molecule has 1 unspecified atom stereocenters. The van der Waals surface area contributed by atoms with E-state index in [1.54, 1.807) is 12.5 Å². The van der Waals surface area contributed by atoms with Gasteiger partial charge in [0, 0.05) is 0 Å². The summed E-state index contributed by atoms with van der Waals surface area (Å²) in [5, 5.41) is 9.18. The summed E-state index contributed by atoms with van der Waals surface area (Å²) in [5.74, 6) is 0.798. The van der Waals surface area contributed by atoms with Gasteiger partial charge in [-0.25, -0.2) is 5.10 Å². The third kappa shape index (κ3) is 2.16. The normalized spacial score (nSPS) is 12.4. The van der Waals surface area contributed by atoms with Crippen molar-refractivity contribution in [2.75, 3.05) is 5.32 Å². The van der Waals surface area contributed by atoms with E-state index < -0.39 is 0 Å². The standard InChI is InChI=1S/C10H10BrN3O2/c1-6(8-3-2-4-16-8)13-7-5-12-14-10(15)9(7)11/h2-6H,1H3,(H2,13,14,15). The average molecular weight is 284 g/mol. The first-order valence-corrected chi connectivity index (χ1v) is 5.51. The van der Waals surface area contributed by atoms with Crippen LogP contribution >= 0.6 is 15.9 Å². The van der Waals surface area contributed by atoms with E-state index in [1.165, 1.54) is 0 Å². The molecule has 16 heavy (non-hydrogen) atoms. The molecule has 0 radical (unpaired) electrons. The highest BCUT2D eigenvalue weighted by molar-refractivity contribution is 9.10. The Morgan fingerprint density at radius 2 is 2.44 bits per heavy atom. The molecule has 2 heterocycles. The number of H-pyrrole nitrogens is 1. The molecule has 5 nitrogen and oxygen atoms in total. The van der Waals surface area contributed by atoms with Crippen LogP contribution in [0.15, 0.2) is 38.3 Å². The fourth-order valence-corrected chi connectivity index (χ4v) is 1.63. The molecule has 0 aliphatic rings. The van der Waals surface area contributed by atoms with E-state index in [9.17, 15) is 4.79 Å². The van der Waals surface area contributed by atoms with Crippen molar-refractivity contribution in [3.63, 3.8) is 0 Å². The fraction of sp³-hybridized carbons (Fsp3) is 0.200. The van der Waals surface area contributed by atoms with E-state index in [0.717, 1.165) is 5.76 Å². The Morgan fingerprint density at radius 1 is 1.62 bits per heavy atom. The molecule has 1 atom stereocenters. The molecule has 2 rings (SSSR count). The van der Waals surface area contributed by atoms with Crippen LogP contribution in [0.2, 0.25) is 0 Å². The van der Waals surface area contributed by atoms with Crippen molar-refractivity contribution in [2.24, 2.45) is 0 Å². The first-order chi connectivity index (χ1) is 7.68. The van der Waals surface area contributed by atoms with Crippen LogP contribution in [-0.2, 0) is 0 Å². The maximum Gasteiger partial charge on any atom is 0.280 e. The van der Waals surface area contributed by atoms with Gasteiger partial charge in [0.2, 0.25) is 0 Å². The number of aromatic nitrogens is 2. The maximum absolute atomic E-state index is 11.3. The Hall–Kier alpha value is -1.56. The maximum atomic E-state index is 11.3. The molecule has 0 spiro atoms. The van der Waals surface area contributed by atoms with Crippen molar-refractivity contribution in [3.8, 4) is 0 Å². The Balaban J connectivity index is 2.21. The van der Waals surface area contributed by atoms with Gasteiger partial charge in [-0.15, -0.1) is 0 Å². The quantitative estimate of drug-likeness (QED) is 0.907. The predicted molar refractivity (Wildman–Crippen MR) is 63.3 cm³/mol. The molecule has 6 heteroatoms. The molecule has 0 fully saturated rings. The molecule has 0 aliphatic carbocycles. The van der Waals surface area contributed by atoms with Crippen molar-refractivity contribution in [1.82, 2.24) is 10.2 Å². The van der Waals surface area contributed by atoms with Gasteiger partial charge in [-0.3, -0.25) is 4.79 Å². The van der Waals surface area contributed by atoms with Gasteiger partial charge in [-0.1, -0.05) is 0 Å². The minimum Gasteiger partial charge on any atom is -0.467 e. The lowest BCUT2D eigenvalue weighted by Crippen LogP contribution is -2.14. The highest BCUT2D eigenvalue weighted by atomic mass is 79.9. The highest BCUT2D eigenvalue weighted by Crippen LogP contribution is 2.22. The number of nitrogens with zero attached hydrogens (tertiary/aromatic N) is 1. The molecule has 0 bridgehead atoms. The molecule has 0 saturated carbocycles. The third-order valence-corrected chi connectivity index (χ3v) is 2.92. The van der Waals surface area contributed by atoms with Crippen LogP contribution in [0.1, 0.15) is 18.7 Å². The highest BCUT2D eigenvalue weighted by Gasteiger charge is 2.11. The SMILES string of the molecule is CC(Nc1cn[nH]c(=O)c1Br)c1ccco1. The lowest BCUT2D eigenvalue weighted by Gasteiger charge is -2.12. The Kier molecular flexibility index (Phi) is 3.09. The Labute approximate surface area is 100.0 Å². The summed E-state index contributed by atoms with van der Waals surface area (Å²) in [7, 11) is 0. The zero-order chi connectivity index (χ0) is 11.5.